The number of hydrogen-bond donors (Lipinski definition) is 3. The summed E-state index contributed by atoms with van der Waals surface area (Å²) >= 11 is 0. The number of carbonyl (C=O) groups is 5. The Kier molecular flexibility index (Phi) is 12.1. The van der Waals surface area contributed by atoms with Crippen molar-refractivity contribution in [3.63, 3.8) is 0 Å². The number of hydrogen-bond acceptors (Lipinski definition) is 7. The third kappa shape index (κ3) is 9.92. The second-order valence-corrected chi connectivity index (χ2v) is 10.7. The van der Waals surface area contributed by atoms with E-state index in [-0.39, 0.29) is 26.0 Å². The summed E-state index contributed by atoms with van der Waals surface area (Å²) in [5, 5.41) is 8.01. The van der Waals surface area contributed by atoms with E-state index in [9.17, 15) is 24.0 Å². The molecule has 11 heteroatoms. The molecule has 0 radical (unpaired) electrons. The van der Waals surface area contributed by atoms with Crippen LogP contribution in [0.2, 0.25) is 0 Å². The van der Waals surface area contributed by atoms with Crippen LogP contribution in [0.5, 0.6) is 0 Å². The Morgan fingerprint density at radius 2 is 1.33 bits per heavy atom. The van der Waals surface area contributed by atoms with Crippen LogP contribution in [0.4, 0.5) is 4.79 Å². The number of esters is 1. The molecular weight excluding hydrogens is 576 g/mol. The number of methoxy groups -OCH3 is 1. The summed E-state index contributed by atoms with van der Waals surface area (Å²) in [5.41, 5.74) is 2.44. The molecule has 3 aromatic rings. The van der Waals surface area contributed by atoms with Gasteiger partial charge in [-0.1, -0.05) is 91.0 Å². The molecule has 1 aliphatic rings. The monoisotopic (exact) mass is 614 g/mol. The molecule has 0 saturated carbocycles. The van der Waals surface area contributed by atoms with E-state index in [2.05, 4.69) is 16.0 Å². The first-order chi connectivity index (χ1) is 21.8. The van der Waals surface area contributed by atoms with Gasteiger partial charge in [-0.25, -0.2) is 9.59 Å². The van der Waals surface area contributed by atoms with Crippen LogP contribution >= 0.6 is 0 Å². The molecule has 0 aromatic heterocycles. The highest BCUT2D eigenvalue weighted by Crippen LogP contribution is 2.18. The fourth-order valence-electron chi connectivity index (χ4n) is 5.15. The van der Waals surface area contributed by atoms with E-state index in [1.165, 1.54) is 12.0 Å². The quantitative estimate of drug-likeness (QED) is 0.251. The van der Waals surface area contributed by atoms with Crippen molar-refractivity contribution >= 4 is 29.8 Å². The summed E-state index contributed by atoms with van der Waals surface area (Å²) < 4.78 is 10.1. The van der Waals surface area contributed by atoms with Gasteiger partial charge >= 0.3 is 12.1 Å². The molecule has 4 amide bonds. The standard InChI is InChI=1S/C34H38N4O7/c1-44-33(42)28(21-25-14-7-3-8-15-25)37-31(40)27(20-24-12-5-2-6-13-24)36-32(41)29-18-11-19-38(29)30(39)22-35-34(43)45-23-26-16-9-4-10-17-26/h2-10,12-17,27-29H,11,18-23H2,1H3,(H,35,43)(H,36,41)(H,37,40)/t27-,28-,29-/m0/s1. The van der Waals surface area contributed by atoms with Crippen molar-refractivity contribution in [3.8, 4) is 0 Å². The molecule has 3 atom stereocenters. The minimum Gasteiger partial charge on any atom is -0.467 e. The average Bonchev–Trinajstić information content (AvgIpc) is 3.57. The molecule has 1 saturated heterocycles. The lowest BCUT2D eigenvalue weighted by Gasteiger charge is -2.27. The van der Waals surface area contributed by atoms with Crippen LogP contribution < -0.4 is 16.0 Å². The van der Waals surface area contributed by atoms with Crippen LogP contribution in [0.1, 0.15) is 29.5 Å². The van der Waals surface area contributed by atoms with Gasteiger partial charge in [0.1, 0.15) is 31.3 Å². The number of benzene rings is 3. The Labute approximate surface area is 262 Å². The second kappa shape index (κ2) is 16.6. The minimum atomic E-state index is -1.04. The van der Waals surface area contributed by atoms with Crippen LogP contribution in [0.25, 0.3) is 0 Å². The summed E-state index contributed by atoms with van der Waals surface area (Å²) in [6.07, 6.45) is 0.598. The molecule has 4 rings (SSSR count). The fourth-order valence-corrected chi connectivity index (χ4v) is 5.15. The highest BCUT2D eigenvalue weighted by atomic mass is 16.5. The number of likely N-dealkylation sites (tertiary alicyclic amines) is 1. The van der Waals surface area contributed by atoms with Crippen molar-refractivity contribution in [2.24, 2.45) is 0 Å². The Morgan fingerprint density at radius 1 is 0.778 bits per heavy atom. The maximum Gasteiger partial charge on any atom is 0.407 e. The summed E-state index contributed by atoms with van der Waals surface area (Å²) in [4.78, 5) is 66.3. The van der Waals surface area contributed by atoms with Crippen LogP contribution in [0.3, 0.4) is 0 Å². The van der Waals surface area contributed by atoms with Gasteiger partial charge in [-0.15, -0.1) is 0 Å². The van der Waals surface area contributed by atoms with Gasteiger partial charge in [-0.3, -0.25) is 14.4 Å². The summed E-state index contributed by atoms with van der Waals surface area (Å²) in [7, 11) is 1.25. The van der Waals surface area contributed by atoms with Crippen LogP contribution in [-0.2, 0) is 48.1 Å². The molecule has 3 aromatic carbocycles. The van der Waals surface area contributed by atoms with Crippen molar-refractivity contribution in [1.82, 2.24) is 20.9 Å². The first-order valence-electron chi connectivity index (χ1n) is 14.8. The highest BCUT2D eigenvalue weighted by Gasteiger charge is 2.36. The predicted octanol–water partition coefficient (Wildman–Crippen LogP) is 2.53. The van der Waals surface area contributed by atoms with E-state index >= 15 is 0 Å². The number of carbonyl (C=O) groups excluding carboxylic acids is 5. The van der Waals surface area contributed by atoms with Crippen LogP contribution in [0, 0.1) is 0 Å². The first kappa shape index (κ1) is 32.7. The van der Waals surface area contributed by atoms with Crippen molar-refractivity contribution in [3.05, 3.63) is 108 Å². The van der Waals surface area contributed by atoms with Crippen molar-refractivity contribution < 1.29 is 33.4 Å². The molecule has 0 bridgehead atoms. The van der Waals surface area contributed by atoms with Crippen molar-refractivity contribution in [2.45, 2.75) is 50.4 Å². The third-order valence-electron chi connectivity index (χ3n) is 7.47. The van der Waals surface area contributed by atoms with E-state index in [0.29, 0.717) is 19.4 Å². The van der Waals surface area contributed by atoms with Gasteiger partial charge in [0.2, 0.25) is 17.7 Å². The second-order valence-electron chi connectivity index (χ2n) is 10.7. The normalized spacial score (nSPS) is 15.3. The maximum absolute atomic E-state index is 13.6. The molecule has 3 N–H and O–H groups in total. The van der Waals surface area contributed by atoms with Gasteiger partial charge in [0.25, 0.3) is 0 Å². The number of ether oxygens (including phenoxy) is 2. The summed E-state index contributed by atoms with van der Waals surface area (Å²) in [5.74, 6) is -2.11. The van der Waals surface area contributed by atoms with E-state index in [4.69, 9.17) is 9.47 Å². The zero-order valence-corrected chi connectivity index (χ0v) is 25.1. The maximum atomic E-state index is 13.6. The molecule has 0 aliphatic carbocycles. The zero-order valence-electron chi connectivity index (χ0n) is 25.1. The molecule has 236 valence electrons. The number of nitrogens with one attached hydrogen (secondary N) is 3. The third-order valence-corrected chi connectivity index (χ3v) is 7.47. The Balaban J connectivity index is 1.39. The predicted molar refractivity (Wildman–Crippen MR) is 166 cm³/mol. The number of rotatable bonds is 13. The fraction of sp³-hybridized carbons (Fsp3) is 0.324. The number of amides is 4. The summed E-state index contributed by atoms with van der Waals surface area (Å²) in [6.45, 7) is 0.0446. The van der Waals surface area contributed by atoms with E-state index < -0.39 is 47.9 Å². The SMILES string of the molecule is COC(=O)[C@H](Cc1ccccc1)NC(=O)[C@H](Cc1ccccc1)NC(=O)[C@@H]1CCCN1C(=O)CNC(=O)OCc1ccccc1. The van der Waals surface area contributed by atoms with E-state index in [1.807, 2.05) is 91.0 Å². The van der Waals surface area contributed by atoms with Gasteiger partial charge < -0.3 is 30.3 Å². The van der Waals surface area contributed by atoms with Crippen molar-refractivity contribution in [1.29, 1.82) is 0 Å². The topological polar surface area (TPSA) is 143 Å². The lowest BCUT2D eigenvalue weighted by Crippen LogP contribution is -2.57. The van der Waals surface area contributed by atoms with Gasteiger partial charge in [-0.05, 0) is 29.5 Å². The van der Waals surface area contributed by atoms with Crippen LogP contribution in [0.15, 0.2) is 91.0 Å². The Morgan fingerprint density at radius 3 is 1.91 bits per heavy atom. The van der Waals surface area contributed by atoms with E-state index in [1.54, 1.807) is 0 Å². The molecular formula is C34H38N4O7. The smallest absolute Gasteiger partial charge is 0.407 e. The Hall–Kier alpha value is -5.19. The van der Waals surface area contributed by atoms with Gasteiger partial charge in [0.15, 0.2) is 0 Å². The molecule has 1 aliphatic heterocycles. The largest absolute Gasteiger partial charge is 0.467 e. The van der Waals surface area contributed by atoms with Gasteiger partial charge in [0, 0.05) is 19.4 Å². The average molecular weight is 615 g/mol. The molecule has 1 heterocycles. The highest BCUT2D eigenvalue weighted by molar-refractivity contribution is 5.94. The van der Waals surface area contributed by atoms with Gasteiger partial charge in [0.05, 0.1) is 7.11 Å². The lowest BCUT2D eigenvalue weighted by molar-refractivity contribution is -0.145. The van der Waals surface area contributed by atoms with Crippen molar-refractivity contribution in [2.75, 3.05) is 20.2 Å². The number of nitrogens with zero attached hydrogens (tertiary/aromatic N) is 1. The van der Waals surface area contributed by atoms with Gasteiger partial charge in [-0.2, -0.15) is 0 Å². The Bertz CT molecular complexity index is 1440. The molecule has 1 fully saturated rings. The molecule has 0 unspecified atom stereocenters. The minimum absolute atomic E-state index is 0.0582. The molecule has 11 nitrogen and oxygen atoms in total. The zero-order chi connectivity index (χ0) is 32.0. The number of alkyl carbamates (subject to hydrolysis) is 1. The molecule has 45 heavy (non-hydrogen) atoms. The van der Waals surface area contributed by atoms with Crippen LogP contribution in [-0.4, -0.2) is 73.0 Å². The molecule has 0 spiro atoms. The van der Waals surface area contributed by atoms with E-state index in [0.717, 1.165) is 16.7 Å². The lowest BCUT2D eigenvalue weighted by atomic mass is 10.0. The first-order valence-corrected chi connectivity index (χ1v) is 14.8. The summed E-state index contributed by atoms with van der Waals surface area (Å²) in [6, 6.07) is 24.7.